The number of halogens is 1. The minimum atomic E-state index is 0.302. The van der Waals surface area contributed by atoms with Gasteiger partial charge >= 0.3 is 0 Å². The van der Waals surface area contributed by atoms with Gasteiger partial charge in [-0.2, -0.15) is 5.10 Å². The Morgan fingerprint density at radius 2 is 2.11 bits per heavy atom. The number of aromatic nitrogens is 2. The van der Waals surface area contributed by atoms with Crippen molar-refractivity contribution in [1.82, 2.24) is 15.1 Å². The second-order valence-corrected chi connectivity index (χ2v) is 6.39. The Labute approximate surface area is 121 Å². The lowest BCUT2D eigenvalue weighted by molar-refractivity contribution is 0.256. The van der Waals surface area contributed by atoms with Gasteiger partial charge < -0.3 is 5.32 Å². The lowest BCUT2D eigenvalue weighted by Crippen LogP contribution is -2.34. The van der Waals surface area contributed by atoms with Gasteiger partial charge in [-0.05, 0) is 51.0 Å². The molecule has 1 N–H and O–H groups in total. The molecule has 1 aromatic heterocycles. The van der Waals surface area contributed by atoms with E-state index in [1.54, 1.807) is 0 Å². The predicted molar refractivity (Wildman–Crippen MR) is 80.8 cm³/mol. The molecule has 0 radical (unpaired) electrons. The van der Waals surface area contributed by atoms with Crippen LogP contribution in [0.2, 0.25) is 5.02 Å². The molecule has 4 heteroatoms. The van der Waals surface area contributed by atoms with Crippen LogP contribution in [0.15, 0.2) is 0 Å². The van der Waals surface area contributed by atoms with Crippen LogP contribution in [0, 0.1) is 11.3 Å². The number of nitrogens with one attached hydrogen (secondary N) is 1. The summed E-state index contributed by atoms with van der Waals surface area (Å²) in [5, 5.41) is 8.89. The van der Waals surface area contributed by atoms with Crippen molar-refractivity contribution in [3.05, 3.63) is 16.4 Å². The largest absolute Gasteiger partial charge is 0.319 e. The minimum Gasteiger partial charge on any atom is -0.319 e. The van der Waals surface area contributed by atoms with Crippen LogP contribution in [0.25, 0.3) is 0 Å². The van der Waals surface area contributed by atoms with E-state index in [9.17, 15) is 0 Å². The molecular weight excluding hydrogens is 258 g/mol. The zero-order valence-electron chi connectivity index (χ0n) is 12.6. The highest BCUT2D eigenvalue weighted by molar-refractivity contribution is 6.31. The number of hydrogen-bond acceptors (Lipinski definition) is 2. The normalized spacial score (nSPS) is 18.6. The molecule has 108 valence electrons. The molecule has 0 aliphatic heterocycles. The van der Waals surface area contributed by atoms with Crippen molar-refractivity contribution in [3.8, 4) is 0 Å². The van der Waals surface area contributed by atoms with E-state index in [1.807, 2.05) is 7.05 Å². The highest BCUT2D eigenvalue weighted by Crippen LogP contribution is 2.47. The van der Waals surface area contributed by atoms with Gasteiger partial charge in [0.15, 0.2) is 0 Å². The average molecular weight is 284 g/mol. The van der Waals surface area contributed by atoms with Crippen molar-refractivity contribution in [2.45, 2.75) is 53.0 Å². The third-order valence-electron chi connectivity index (χ3n) is 4.41. The molecule has 1 saturated carbocycles. The van der Waals surface area contributed by atoms with Crippen LogP contribution in [0.1, 0.15) is 45.0 Å². The second-order valence-electron chi connectivity index (χ2n) is 6.01. The van der Waals surface area contributed by atoms with Crippen LogP contribution in [0.3, 0.4) is 0 Å². The second kappa shape index (κ2) is 5.84. The van der Waals surface area contributed by atoms with E-state index in [0.717, 1.165) is 42.6 Å². The first kappa shape index (κ1) is 14.9. The molecule has 1 aliphatic rings. The minimum absolute atomic E-state index is 0.302. The first-order valence-corrected chi connectivity index (χ1v) is 7.82. The van der Waals surface area contributed by atoms with E-state index in [2.05, 4.69) is 35.9 Å². The van der Waals surface area contributed by atoms with E-state index in [1.165, 1.54) is 18.5 Å². The van der Waals surface area contributed by atoms with Crippen LogP contribution >= 0.6 is 11.6 Å². The van der Waals surface area contributed by atoms with Crippen molar-refractivity contribution >= 4 is 11.6 Å². The topological polar surface area (TPSA) is 29.9 Å². The Morgan fingerprint density at radius 1 is 1.42 bits per heavy atom. The third-order valence-corrected chi connectivity index (χ3v) is 4.85. The molecule has 1 atom stereocenters. The molecule has 0 aromatic carbocycles. The molecule has 1 unspecified atom stereocenters. The van der Waals surface area contributed by atoms with Crippen LogP contribution in [0.5, 0.6) is 0 Å². The summed E-state index contributed by atoms with van der Waals surface area (Å²) in [6.45, 7) is 8.58. The molecule has 2 rings (SSSR count). The third kappa shape index (κ3) is 2.97. The Hall–Kier alpha value is -0.540. The Balaban J connectivity index is 2.27. The van der Waals surface area contributed by atoms with Gasteiger partial charge in [0.2, 0.25) is 0 Å². The van der Waals surface area contributed by atoms with Gasteiger partial charge in [0, 0.05) is 13.1 Å². The van der Waals surface area contributed by atoms with Gasteiger partial charge in [0.05, 0.1) is 16.4 Å². The smallest absolute Gasteiger partial charge is 0.0850 e. The molecule has 0 spiro atoms. The Kier molecular flexibility index (Phi) is 4.57. The molecule has 1 fully saturated rings. The molecule has 0 saturated heterocycles. The van der Waals surface area contributed by atoms with E-state index in [-0.39, 0.29) is 0 Å². The quantitative estimate of drug-likeness (QED) is 0.832. The molecule has 1 aliphatic carbocycles. The van der Waals surface area contributed by atoms with Crippen LogP contribution in [0.4, 0.5) is 0 Å². The van der Waals surface area contributed by atoms with Gasteiger partial charge in [-0.1, -0.05) is 25.4 Å². The Bertz CT molecular complexity index is 437. The summed E-state index contributed by atoms with van der Waals surface area (Å²) >= 11 is 6.54. The maximum Gasteiger partial charge on any atom is 0.0850 e. The van der Waals surface area contributed by atoms with Crippen LogP contribution in [-0.4, -0.2) is 23.4 Å². The van der Waals surface area contributed by atoms with E-state index < -0.39 is 0 Å². The average Bonchev–Trinajstić information content (AvgIpc) is 3.19. The summed E-state index contributed by atoms with van der Waals surface area (Å²) in [5.41, 5.74) is 2.57. The summed E-state index contributed by atoms with van der Waals surface area (Å²) in [6, 6.07) is 0. The summed E-state index contributed by atoms with van der Waals surface area (Å²) < 4.78 is 2.09. The fraction of sp³-hybridized carbons (Fsp3) is 0.800. The van der Waals surface area contributed by atoms with E-state index in [4.69, 9.17) is 11.6 Å². The molecule has 0 bridgehead atoms. The molecule has 0 amide bonds. The maximum atomic E-state index is 6.54. The van der Waals surface area contributed by atoms with Crippen molar-refractivity contribution in [2.24, 2.45) is 11.3 Å². The highest BCUT2D eigenvalue weighted by atomic mass is 35.5. The summed E-state index contributed by atoms with van der Waals surface area (Å²) in [6.07, 6.45) is 4.65. The van der Waals surface area contributed by atoms with Crippen molar-refractivity contribution in [3.63, 3.8) is 0 Å². The Morgan fingerprint density at radius 3 is 2.58 bits per heavy atom. The zero-order chi connectivity index (χ0) is 14.0. The van der Waals surface area contributed by atoms with Gasteiger partial charge in [0.25, 0.3) is 0 Å². The van der Waals surface area contributed by atoms with Crippen LogP contribution < -0.4 is 5.32 Å². The molecule has 1 heterocycles. The standard InChI is InChI=1S/C15H26ClN3/c1-5-12-14(16)13(19(6-2)18-12)9-15(3,10-17-4)11-7-8-11/h11,17H,5-10H2,1-4H3. The van der Waals surface area contributed by atoms with Gasteiger partial charge in [-0.3, -0.25) is 4.68 Å². The number of aryl methyl sites for hydroxylation is 2. The highest BCUT2D eigenvalue weighted by Gasteiger charge is 2.42. The fourth-order valence-electron chi connectivity index (χ4n) is 3.10. The first-order valence-electron chi connectivity index (χ1n) is 7.44. The van der Waals surface area contributed by atoms with E-state index >= 15 is 0 Å². The summed E-state index contributed by atoms with van der Waals surface area (Å²) in [4.78, 5) is 0. The number of hydrogen-bond donors (Lipinski definition) is 1. The SMILES string of the molecule is CCc1nn(CC)c(CC(C)(CNC)C2CC2)c1Cl. The van der Waals surface area contributed by atoms with Gasteiger partial charge in [0.1, 0.15) is 0 Å². The molecule has 19 heavy (non-hydrogen) atoms. The zero-order valence-corrected chi connectivity index (χ0v) is 13.3. The lowest BCUT2D eigenvalue weighted by Gasteiger charge is -2.30. The summed E-state index contributed by atoms with van der Waals surface area (Å²) in [7, 11) is 2.04. The van der Waals surface area contributed by atoms with Crippen molar-refractivity contribution in [1.29, 1.82) is 0 Å². The molecule has 3 nitrogen and oxygen atoms in total. The van der Waals surface area contributed by atoms with Crippen molar-refractivity contribution < 1.29 is 0 Å². The van der Waals surface area contributed by atoms with Gasteiger partial charge in [-0.25, -0.2) is 0 Å². The van der Waals surface area contributed by atoms with Crippen molar-refractivity contribution in [2.75, 3.05) is 13.6 Å². The summed E-state index contributed by atoms with van der Waals surface area (Å²) in [5.74, 6) is 0.835. The molecular formula is C15H26ClN3. The van der Waals surface area contributed by atoms with Crippen LogP contribution in [-0.2, 0) is 19.4 Å². The van der Waals surface area contributed by atoms with E-state index in [0.29, 0.717) is 5.41 Å². The number of nitrogens with zero attached hydrogens (tertiary/aromatic N) is 2. The molecule has 1 aromatic rings. The maximum absolute atomic E-state index is 6.54. The number of rotatable bonds is 7. The first-order chi connectivity index (χ1) is 9.05. The predicted octanol–water partition coefficient (Wildman–Crippen LogP) is 3.30. The fourth-order valence-corrected chi connectivity index (χ4v) is 3.44. The lowest BCUT2D eigenvalue weighted by atomic mass is 9.80. The van der Waals surface area contributed by atoms with Gasteiger partial charge in [-0.15, -0.1) is 0 Å². The monoisotopic (exact) mass is 283 g/mol.